The minimum Gasteiger partial charge on any atom is -0.483 e. The largest absolute Gasteiger partial charge is 0.483 e. The number of benzene rings is 1. The topological polar surface area (TPSA) is 64.6 Å². The molecule has 0 aliphatic heterocycles. The van der Waals surface area contributed by atoms with E-state index in [4.69, 9.17) is 9.47 Å². The van der Waals surface area contributed by atoms with Crippen LogP contribution in [-0.2, 0) is 22.4 Å². The molecule has 1 heterocycles. The molecule has 1 aromatic heterocycles. The molecule has 0 bridgehead atoms. The van der Waals surface area contributed by atoms with Gasteiger partial charge in [-0.05, 0) is 68.2 Å². The van der Waals surface area contributed by atoms with Gasteiger partial charge in [-0.25, -0.2) is 4.79 Å². The van der Waals surface area contributed by atoms with Gasteiger partial charge in [-0.2, -0.15) is 0 Å². The highest BCUT2D eigenvalue weighted by atomic mass is 32.1. The van der Waals surface area contributed by atoms with Crippen LogP contribution in [0.4, 0.5) is 5.00 Å². The number of hydrogen-bond donors (Lipinski definition) is 1. The minimum atomic E-state index is -0.395. The van der Waals surface area contributed by atoms with Crippen molar-refractivity contribution in [2.24, 2.45) is 5.92 Å². The average Bonchev–Trinajstić information content (AvgIpc) is 3.00. The number of rotatable bonds is 5. The maximum Gasteiger partial charge on any atom is 0.341 e. The van der Waals surface area contributed by atoms with Crippen molar-refractivity contribution in [1.82, 2.24) is 0 Å². The molecular formula is C22H27NO4S. The van der Waals surface area contributed by atoms with E-state index < -0.39 is 5.97 Å². The summed E-state index contributed by atoms with van der Waals surface area (Å²) in [6.45, 7) is 8.06. The minimum absolute atomic E-state index is 0.106. The number of fused-ring (bicyclic) bond motifs is 1. The van der Waals surface area contributed by atoms with Crippen molar-refractivity contribution in [2.75, 3.05) is 19.0 Å². The lowest BCUT2D eigenvalue weighted by Crippen LogP contribution is -2.22. The molecule has 0 fully saturated rings. The summed E-state index contributed by atoms with van der Waals surface area (Å²) in [7, 11) is 1.37. The normalized spacial score (nSPS) is 15.7. The van der Waals surface area contributed by atoms with Gasteiger partial charge in [-0.1, -0.05) is 19.1 Å². The van der Waals surface area contributed by atoms with Crippen molar-refractivity contribution in [3.63, 3.8) is 0 Å². The predicted octanol–water partition coefficient (Wildman–Crippen LogP) is 4.60. The van der Waals surface area contributed by atoms with Gasteiger partial charge in [-0.15, -0.1) is 11.3 Å². The van der Waals surface area contributed by atoms with Crippen molar-refractivity contribution >= 4 is 28.2 Å². The first-order chi connectivity index (χ1) is 13.3. The highest BCUT2D eigenvalue weighted by molar-refractivity contribution is 7.17. The second-order valence-corrected chi connectivity index (χ2v) is 8.64. The molecule has 28 heavy (non-hydrogen) atoms. The highest BCUT2D eigenvalue weighted by Crippen LogP contribution is 2.40. The lowest BCUT2D eigenvalue weighted by Gasteiger charge is -2.18. The van der Waals surface area contributed by atoms with Gasteiger partial charge >= 0.3 is 5.97 Å². The number of carbonyl (C=O) groups is 2. The van der Waals surface area contributed by atoms with E-state index in [-0.39, 0.29) is 12.5 Å². The fourth-order valence-corrected chi connectivity index (χ4v) is 5.02. The van der Waals surface area contributed by atoms with Gasteiger partial charge in [0.1, 0.15) is 10.8 Å². The fourth-order valence-electron chi connectivity index (χ4n) is 3.60. The van der Waals surface area contributed by atoms with Gasteiger partial charge in [0, 0.05) is 4.88 Å². The summed E-state index contributed by atoms with van der Waals surface area (Å²) in [6, 6.07) is 4.02. The van der Waals surface area contributed by atoms with Crippen LogP contribution in [0.25, 0.3) is 0 Å². The third-order valence-electron chi connectivity index (χ3n) is 5.38. The molecule has 0 radical (unpaired) electrons. The van der Waals surface area contributed by atoms with Crippen molar-refractivity contribution in [2.45, 2.75) is 47.0 Å². The van der Waals surface area contributed by atoms with E-state index in [1.165, 1.54) is 23.3 Å². The molecule has 0 unspecified atom stereocenters. The Morgan fingerprint density at radius 3 is 2.64 bits per heavy atom. The number of amides is 1. The summed E-state index contributed by atoms with van der Waals surface area (Å²) < 4.78 is 10.8. The van der Waals surface area contributed by atoms with Gasteiger partial charge in [0.25, 0.3) is 5.91 Å². The van der Waals surface area contributed by atoms with Gasteiger partial charge < -0.3 is 14.8 Å². The number of thiophene rings is 1. The fraction of sp³-hybridized carbons (Fsp3) is 0.455. The zero-order valence-corrected chi connectivity index (χ0v) is 17.9. The number of carbonyl (C=O) groups excluding carboxylic acids is 2. The van der Waals surface area contributed by atoms with Gasteiger partial charge in [-0.3, -0.25) is 4.79 Å². The van der Waals surface area contributed by atoms with Crippen LogP contribution < -0.4 is 10.1 Å². The molecule has 3 rings (SSSR count). The van der Waals surface area contributed by atoms with Crippen LogP contribution >= 0.6 is 11.3 Å². The number of hydrogen-bond acceptors (Lipinski definition) is 5. The number of anilines is 1. The van der Waals surface area contributed by atoms with Crippen LogP contribution in [0.2, 0.25) is 0 Å². The molecule has 1 amide bonds. The maximum absolute atomic E-state index is 12.6. The summed E-state index contributed by atoms with van der Waals surface area (Å²) >= 11 is 1.48. The van der Waals surface area contributed by atoms with E-state index >= 15 is 0 Å². The summed E-state index contributed by atoms with van der Waals surface area (Å²) in [5.74, 6) is 0.643. The van der Waals surface area contributed by atoms with Crippen molar-refractivity contribution in [1.29, 1.82) is 0 Å². The molecule has 1 atom stereocenters. The first kappa shape index (κ1) is 20.4. The smallest absolute Gasteiger partial charge is 0.341 e. The number of esters is 1. The van der Waals surface area contributed by atoms with E-state index in [0.29, 0.717) is 16.5 Å². The van der Waals surface area contributed by atoms with Crippen molar-refractivity contribution in [3.8, 4) is 5.75 Å². The molecule has 5 nitrogen and oxygen atoms in total. The Balaban J connectivity index is 1.77. The molecule has 0 spiro atoms. The Morgan fingerprint density at radius 1 is 1.21 bits per heavy atom. The zero-order chi connectivity index (χ0) is 20.4. The Bertz CT molecular complexity index is 916. The standard InChI is InChI=1S/C22H27NO4S/c1-12-6-9-16-17(10-12)28-21(19(16)22(25)26-5)23-18(24)11-27-20-14(3)8-7-13(2)15(20)4/h7-8,12H,6,9-11H2,1-5H3,(H,23,24)/t12-/m1/s1. The number of methoxy groups -OCH3 is 1. The summed E-state index contributed by atoms with van der Waals surface area (Å²) in [4.78, 5) is 26.1. The second kappa shape index (κ2) is 8.35. The number of aryl methyl sites for hydroxylation is 2. The monoisotopic (exact) mass is 401 g/mol. The molecule has 150 valence electrons. The summed E-state index contributed by atoms with van der Waals surface area (Å²) in [6.07, 6.45) is 2.81. The molecular weight excluding hydrogens is 374 g/mol. The third kappa shape index (κ3) is 4.07. The zero-order valence-electron chi connectivity index (χ0n) is 17.1. The quantitative estimate of drug-likeness (QED) is 0.744. The van der Waals surface area contributed by atoms with E-state index in [1.54, 1.807) is 0 Å². The van der Waals surface area contributed by atoms with E-state index in [1.807, 2.05) is 32.9 Å². The van der Waals surface area contributed by atoms with Crippen LogP contribution in [0.15, 0.2) is 12.1 Å². The predicted molar refractivity (Wildman–Crippen MR) is 112 cm³/mol. The van der Waals surface area contributed by atoms with Crippen LogP contribution in [0.5, 0.6) is 5.75 Å². The molecule has 0 saturated heterocycles. The lowest BCUT2D eigenvalue weighted by molar-refractivity contribution is -0.118. The summed E-state index contributed by atoms with van der Waals surface area (Å²) in [5, 5.41) is 3.44. The Labute approximate surface area is 170 Å². The van der Waals surface area contributed by atoms with E-state index in [0.717, 1.165) is 47.3 Å². The molecule has 6 heteroatoms. The number of ether oxygens (including phenoxy) is 2. The van der Waals surface area contributed by atoms with E-state index in [9.17, 15) is 9.59 Å². The third-order valence-corrected chi connectivity index (χ3v) is 6.55. The first-order valence-electron chi connectivity index (χ1n) is 9.54. The molecule has 1 aromatic carbocycles. The van der Waals surface area contributed by atoms with Gasteiger partial charge in [0.05, 0.1) is 12.7 Å². The maximum atomic E-state index is 12.6. The van der Waals surface area contributed by atoms with Crippen LogP contribution in [0, 0.1) is 26.7 Å². The van der Waals surface area contributed by atoms with E-state index in [2.05, 4.69) is 12.2 Å². The molecule has 1 aliphatic rings. The highest BCUT2D eigenvalue weighted by Gasteiger charge is 2.29. The number of nitrogens with one attached hydrogen (secondary N) is 1. The average molecular weight is 402 g/mol. The van der Waals surface area contributed by atoms with Crippen molar-refractivity contribution in [3.05, 3.63) is 44.8 Å². The van der Waals surface area contributed by atoms with Crippen LogP contribution in [0.1, 0.15) is 50.8 Å². The Morgan fingerprint density at radius 2 is 1.93 bits per heavy atom. The first-order valence-corrected chi connectivity index (χ1v) is 10.4. The Kier molecular flexibility index (Phi) is 6.08. The lowest BCUT2D eigenvalue weighted by atomic mass is 9.88. The molecule has 1 aliphatic carbocycles. The Hall–Kier alpha value is -2.34. The van der Waals surface area contributed by atoms with Crippen molar-refractivity contribution < 1.29 is 19.1 Å². The molecule has 1 N–H and O–H groups in total. The van der Waals surface area contributed by atoms with Crippen LogP contribution in [-0.4, -0.2) is 25.6 Å². The van der Waals surface area contributed by atoms with Crippen LogP contribution in [0.3, 0.4) is 0 Å². The molecule has 0 saturated carbocycles. The van der Waals surface area contributed by atoms with Gasteiger partial charge in [0.15, 0.2) is 6.61 Å². The van der Waals surface area contributed by atoms with Gasteiger partial charge in [0.2, 0.25) is 0 Å². The molecule has 2 aromatic rings. The summed E-state index contributed by atoms with van der Waals surface area (Å²) in [5.41, 5.74) is 4.67. The SMILES string of the molecule is COC(=O)c1c(NC(=O)COc2c(C)ccc(C)c2C)sc2c1CC[C@@H](C)C2. The second-order valence-electron chi connectivity index (χ2n) is 7.54.